The summed E-state index contributed by atoms with van der Waals surface area (Å²) in [6.45, 7) is 2.11. The molecule has 1 aromatic carbocycles. The van der Waals surface area contributed by atoms with Gasteiger partial charge in [0, 0.05) is 0 Å². The molecular formula is C13H19O2P. The Morgan fingerprint density at radius 2 is 2.00 bits per heavy atom. The van der Waals surface area contributed by atoms with Crippen molar-refractivity contribution in [2.24, 2.45) is 0 Å². The quantitative estimate of drug-likeness (QED) is 0.596. The Kier molecular flexibility index (Phi) is 5.51. The molecular weight excluding hydrogens is 219 g/mol. The third-order valence-corrected chi connectivity index (χ3v) is 3.81. The summed E-state index contributed by atoms with van der Waals surface area (Å²) in [6, 6.07) is 9.43. The third kappa shape index (κ3) is 5.29. The summed E-state index contributed by atoms with van der Waals surface area (Å²) in [5.74, 6) is 1.48. The molecule has 0 aromatic heterocycles. The standard InChI is InChI=1S/C13H19O2P/c1-2-3-4-8-11-16(14,15)12-13-9-6-5-7-10-13/h5-11H,2-4,12H2,1H3,(H,14,15). The minimum Gasteiger partial charge on any atom is -0.341 e. The van der Waals surface area contributed by atoms with Crippen LogP contribution >= 0.6 is 7.37 Å². The molecule has 1 rings (SSSR count). The number of hydrogen-bond acceptors (Lipinski definition) is 1. The number of unbranched alkanes of at least 4 members (excludes halogenated alkanes) is 2. The molecule has 0 aliphatic heterocycles. The van der Waals surface area contributed by atoms with Crippen molar-refractivity contribution in [3.8, 4) is 0 Å². The third-order valence-electron chi connectivity index (χ3n) is 2.31. The van der Waals surface area contributed by atoms with Gasteiger partial charge in [0.2, 0.25) is 7.37 Å². The zero-order chi connectivity index (χ0) is 11.9. The lowest BCUT2D eigenvalue weighted by atomic mass is 10.2. The van der Waals surface area contributed by atoms with Crippen LogP contribution in [-0.2, 0) is 10.7 Å². The molecule has 0 saturated heterocycles. The van der Waals surface area contributed by atoms with Crippen LogP contribution in [0.2, 0.25) is 0 Å². The lowest BCUT2D eigenvalue weighted by Gasteiger charge is -2.06. The largest absolute Gasteiger partial charge is 0.341 e. The van der Waals surface area contributed by atoms with E-state index in [9.17, 15) is 9.46 Å². The summed E-state index contributed by atoms with van der Waals surface area (Å²) in [4.78, 5) is 9.74. The normalized spacial score (nSPS) is 15.1. The van der Waals surface area contributed by atoms with Gasteiger partial charge in [-0.3, -0.25) is 4.57 Å². The van der Waals surface area contributed by atoms with E-state index in [0.717, 1.165) is 24.8 Å². The zero-order valence-corrected chi connectivity index (χ0v) is 10.6. The molecule has 0 heterocycles. The van der Waals surface area contributed by atoms with Gasteiger partial charge in [0.15, 0.2) is 0 Å². The molecule has 0 spiro atoms. The van der Waals surface area contributed by atoms with E-state index >= 15 is 0 Å². The van der Waals surface area contributed by atoms with Crippen molar-refractivity contribution in [1.29, 1.82) is 0 Å². The van der Waals surface area contributed by atoms with Crippen LogP contribution < -0.4 is 0 Å². The first-order chi connectivity index (χ1) is 7.64. The van der Waals surface area contributed by atoms with Crippen LogP contribution in [0.5, 0.6) is 0 Å². The van der Waals surface area contributed by atoms with Gasteiger partial charge in [0.25, 0.3) is 0 Å². The predicted molar refractivity (Wildman–Crippen MR) is 68.6 cm³/mol. The summed E-state index contributed by atoms with van der Waals surface area (Å²) in [6.07, 6.45) is 5.13. The Bertz CT molecular complexity index is 371. The lowest BCUT2D eigenvalue weighted by Crippen LogP contribution is -1.84. The van der Waals surface area contributed by atoms with Gasteiger partial charge in [-0.1, -0.05) is 56.2 Å². The van der Waals surface area contributed by atoms with Crippen LogP contribution in [0.3, 0.4) is 0 Å². The predicted octanol–water partition coefficient (Wildman–Crippen LogP) is 4.16. The molecule has 0 amide bonds. The van der Waals surface area contributed by atoms with Crippen molar-refractivity contribution in [2.45, 2.75) is 32.3 Å². The maximum atomic E-state index is 11.8. The Balaban J connectivity index is 2.52. The summed E-state index contributed by atoms with van der Waals surface area (Å²) in [5, 5.41) is 0. The van der Waals surface area contributed by atoms with Crippen molar-refractivity contribution < 1.29 is 9.46 Å². The van der Waals surface area contributed by atoms with Crippen LogP contribution in [0, 0.1) is 0 Å². The second-order valence-corrected chi connectivity index (χ2v) is 6.05. The fourth-order valence-corrected chi connectivity index (χ4v) is 2.78. The Labute approximate surface area is 97.5 Å². The van der Waals surface area contributed by atoms with Crippen molar-refractivity contribution in [3.05, 3.63) is 47.8 Å². The first-order valence-corrected chi connectivity index (χ1v) is 7.58. The number of hydrogen-bond donors (Lipinski definition) is 1. The Morgan fingerprint density at radius 1 is 1.31 bits per heavy atom. The van der Waals surface area contributed by atoms with Gasteiger partial charge in [-0.15, -0.1) is 0 Å². The highest BCUT2D eigenvalue weighted by Crippen LogP contribution is 2.46. The highest BCUT2D eigenvalue weighted by atomic mass is 31.2. The average Bonchev–Trinajstić information content (AvgIpc) is 2.25. The SMILES string of the molecule is CCCCC=CP(=O)(O)Cc1ccccc1. The van der Waals surface area contributed by atoms with Gasteiger partial charge in [0.1, 0.15) is 0 Å². The van der Waals surface area contributed by atoms with Gasteiger partial charge in [-0.25, -0.2) is 0 Å². The molecule has 0 saturated carbocycles. The topological polar surface area (TPSA) is 37.3 Å². The van der Waals surface area contributed by atoms with Crippen molar-refractivity contribution >= 4 is 7.37 Å². The van der Waals surface area contributed by atoms with E-state index in [2.05, 4.69) is 6.92 Å². The van der Waals surface area contributed by atoms with Crippen LogP contribution in [-0.4, -0.2) is 4.89 Å². The molecule has 16 heavy (non-hydrogen) atoms. The maximum Gasteiger partial charge on any atom is 0.226 e. The van der Waals surface area contributed by atoms with E-state index in [4.69, 9.17) is 0 Å². The minimum absolute atomic E-state index is 0.233. The second-order valence-electron chi connectivity index (χ2n) is 3.93. The van der Waals surface area contributed by atoms with Crippen LogP contribution in [0.15, 0.2) is 42.2 Å². The van der Waals surface area contributed by atoms with Crippen LogP contribution in [0.1, 0.15) is 31.7 Å². The van der Waals surface area contributed by atoms with Crippen molar-refractivity contribution in [2.75, 3.05) is 0 Å². The fraction of sp³-hybridized carbons (Fsp3) is 0.385. The highest BCUT2D eigenvalue weighted by molar-refractivity contribution is 7.60. The first-order valence-electron chi connectivity index (χ1n) is 5.67. The number of rotatable bonds is 6. The van der Waals surface area contributed by atoms with Crippen molar-refractivity contribution in [3.63, 3.8) is 0 Å². The van der Waals surface area contributed by atoms with Crippen molar-refractivity contribution in [1.82, 2.24) is 0 Å². The number of benzene rings is 1. The molecule has 0 radical (unpaired) electrons. The Hall–Kier alpha value is -0.850. The second kappa shape index (κ2) is 6.67. The monoisotopic (exact) mass is 238 g/mol. The molecule has 0 fully saturated rings. The molecule has 1 atom stereocenters. The molecule has 1 unspecified atom stereocenters. The summed E-state index contributed by atoms with van der Waals surface area (Å²) >= 11 is 0. The zero-order valence-electron chi connectivity index (χ0n) is 9.67. The molecule has 1 N–H and O–H groups in total. The molecule has 0 aliphatic rings. The van der Waals surface area contributed by atoms with E-state index in [1.54, 1.807) is 0 Å². The van der Waals surface area contributed by atoms with E-state index in [-0.39, 0.29) is 6.16 Å². The van der Waals surface area contributed by atoms with Gasteiger partial charge in [-0.05, 0) is 17.8 Å². The molecule has 0 aliphatic carbocycles. The average molecular weight is 238 g/mol. The highest BCUT2D eigenvalue weighted by Gasteiger charge is 2.13. The Morgan fingerprint density at radius 3 is 2.62 bits per heavy atom. The van der Waals surface area contributed by atoms with E-state index in [0.29, 0.717) is 0 Å². The summed E-state index contributed by atoms with van der Waals surface area (Å²) < 4.78 is 11.8. The first kappa shape index (κ1) is 13.2. The molecule has 2 nitrogen and oxygen atoms in total. The van der Waals surface area contributed by atoms with Gasteiger partial charge < -0.3 is 4.89 Å². The van der Waals surface area contributed by atoms with E-state index in [1.165, 1.54) is 5.82 Å². The lowest BCUT2D eigenvalue weighted by molar-refractivity contribution is 0.487. The van der Waals surface area contributed by atoms with Gasteiger partial charge >= 0.3 is 0 Å². The van der Waals surface area contributed by atoms with E-state index in [1.807, 2.05) is 36.4 Å². The molecule has 88 valence electrons. The maximum absolute atomic E-state index is 11.8. The van der Waals surface area contributed by atoms with E-state index < -0.39 is 7.37 Å². The summed E-state index contributed by atoms with van der Waals surface area (Å²) in [5.41, 5.74) is 0.911. The molecule has 3 heteroatoms. The van der Waals surface area contributed by atoms with Gasteiger partial charge in [0.05, 0.1) is 6.16 Å². The fourth-order valence-electron chi connectivity index (χ4n) is 1.46. The smallest absolute Gasteiger partial charge is 0.226 e. The molecule has 1 aromatic rings. The number of allylic oxidation sites excluding steroid dienone is 1. The van der Waals surface area contributed by atoms with Crippen LogP contribution in [0.4, 0.5) is 0 Å². The van der Waals surface area contributed by atoms with Gasteiger partial charge in [-0.2, -0.15) is 0 Å². The van der Waals surface area contributed by atoms with Crippen LogP contribution in [0.25, 0.3) is 0 Å². The molecule has 0 bridgehead atoms. The summed E-state index contributed by atoms with van der Waals surface area (Å²) in [7, 11) is -3.14. The minimum atomic E-state index is -3.14.